The van der Waals surface area contributed by atoms with Crippen LogP contribution in [0, 0.1) is 6.92 Å². The van der Waals surface area contributed by atoms with Gasteiger partial charge in [-0.25, -0.2) is 4.98 Å². The van der Waals surface area contributed by atoms with Crippen molar-refractivity contribution in [3.05, 3.63) is 52.1 Å². The van der Waals surface area contributed by atoms with Crippen LogP contribution in [0.25, 0.3) is 0 Å². The van der Waals surface area contributed by atoms with Crippen molar-refractivity contribution < 1.29 is 0 Å². The number of aromatic nitrogens is 2. The van der Waals surface area contributed by atoms with E-state index >= 15 is 0 Å². The molecule has 3 nitrogen and oxygen atoms in total. The van der Waals surface area contributed by atoms with Gasteiger partial charge in [0.05, 0.1) is 11.7 Å². The van der Waals surface area contributed by atoms with Gasteiger partial charge >= 0.3 is 0 Å². The SMILES string of the molecule is Cc1nc2c(n1C(CN)c1ccccc1Cl)CCCC2. The highest BCUT2D eigenvalue weighted by molar-refractivity contribution is 6.31. The molecule has 106 valence electrons. The van der Waals surface area contributed by atoms with Gasteiger partial charge in [0.2, 0.25) is 0 Å². The van der Waals surface area contributed by atoms with Gasteiger partial charge in [0, 0.05) is 17.3 Å². The molecule has 20 heavy (non-hydrogen) atoms. The molecular weight excluding hydrogens is 270 g/mol. The summed E-state index contributed by atoms with van der Waals surface area (Å²) in [5.41, 5.74) is 9.75. The maximum Gasteiger partial charge on any atom is 0.106 e. The van der Waals surface area contributed by atoms with E-state index in [0.29, 0.717) is 6.54 Å². The molecule has 1 aromatic heterocycles. The van der Waals surface area contributed by atoms with Crippen LogP contribution in [-0.2, 0) is 12.8 Å². The van der Waals surface area contributed by atoms with E-state index in [1.54, 1.807) is 0 Å². The Hall–Kier alpha value is -1.32. The van der Waals surface area contributed by atoms with E-state index in [1.807, 2.05) is 18.2 Å². The third kappa shape index (κ3) is 2.25. The minimum atomic E-state index is 0.0815. The number of nitrogens with two attached hydrogens (primary N) is 1. The zero-order chi connectivity index (χ0) is 14.1. The van der Waals surface area contributed by atoms with Gasteiger partial charge in [-0.3, -0.25) is 0 Å². The van der Waals surface area contributed by atoms with Crippen LogP contribution in [-0.4, -0.2) is 16.1 Å². The van der Waals surface area contributed by atoms with Crippen molar-refractivity contribution in [1.29, 1.82) is 0 Å². The van der Waals surface area contributed by atoms with Crippen LogP contribution in [0.2, 0.25) is 5.02 Å². The Morgan fingerprint density at radius 3 is 2.80 bits per heavy atom. The Labute approximate surface area is 124 Å². The zero-order valence-corrected chi connectivity index (χ0v) is 12.5. The first-order chi connectivity index (χ1) is 9.72. The van der Waals surface area contributed by atoms with Crippen molar-refractivity contribution in [2.24, 2.45) is 5.73 Å². The van der Waals surface area contributed by atoms with E-state index in [1.165, 1.54) is 24.2 Å². The molecule has 0 fully saturated rings. The van der Waals surface area contributed by atoms with E-state index in [-0.39, 0.29) is 6.04 Å². The fourth-order valence-electron chi connectivity index (χ4n) is 3.23. The van der Waals surface area contributed by atoms with Crippen LogP contribution in [0.4, 0.5) is 0 Å². The molecule has 0 saturated carbocycles. The molecule has 1 aromatic carbocycles. The molecule has 0 amide bonds. The van der Waals surface area contributed by atoms with Crippen molar-refractivity contribution in [1.82, 2.24) is 9.55 Å². The summed E-state index contributed by atoms with van der Waals surface area (Å²) >= 11 is 6.36. The third-order valence-corrected chi connectivity index (χ3v) is 4.49. The van der Waals surface area contributed by atoms with Crippen molar-refractivity contribution in [2.75, 3.05) is 6.54 Å². The maximum atomic E-state index is 6.36. The van der Waals surface area contributed by atoms with Gasteiger partial charge in [0.1, 0.15) is 5.82 Å². The molecule has 1 heterocycles. The van der Waals surface area contributed by atoms with E-state index in [0.717, 1.165) is 29.3 Å². The fraction of sp³-hybridized carbons (Fsp3) is 0.438. The largest absolute Gasteiger partial charge is 0.328 e. The predicted octanol–water partition coefficient (Wildman–Crippen LogP) is 3.27. The lowest BCUT2D eigenvalue weighted by Gasteiger charge is -2.24. The van der Waals surface area contributed by atoms with Crippen LogP contribution < -0.4 is 5.73 Å². The number of aryl methyl sites for hydroxylation is 2. The monoisotopic (exact) mass is 289 g/mol. The summed E-state index contributed by atoms with van der Waals surface area (Å²) in [7, 11) is 0. The maximum absolute atomic E-state index is 6.36. The molecule has 0 bridgehead atoms. The number of imidazole rings is 1. The lowest BCUT2D eigenvalue weighted by atomic mass is 9.99. The van der Waals surface area contributed by atoms with E-state index in [9.17, 15) is 0 Å². The third-order valence-electron chi connectivity index (χ3n) is 4.15. The summed E-state index contributed by atoms with van der Waals surface area (Å²) in [5, 5.41) is 0.778. The molecule has 3 rings (SSSR count). The number of hydrogen-bond acceptors (Lipinski definition) is 2. The predicted molar refractivity (Wildman–Crippen MR) is 82.3 cm³/mol. The number of nitrogens with zero attached hydrogens (tertiary/aromatic N) is 2. The molecule has 4 heteroatoms. The molecule has 2 aromatic rings. The van der Waals surface area contributed by atoms with E-state index < -0.39 is 0 Å². The molecular formula is C16H20ClN3. The normalized spacial score (nSPS) is 15.9. The van der Waals surface area contributed by atoms with E-state index in [2.05, 4.69) is 17.6 Å². The lowest BCUT2D eigenvalue weighted by molar-refractivity contribution is 0.537. The molecule has 2 N–H and O–H groups in total. The summed E-state index contributed by atoms with van der Waals surface area (Å²) in [6.45, 7) is 2.60. The molecule has 0 spiro atoms. The topological polar surface area (TPSA) is 43.8 Å². The molecule has 0 saturated heterocycles. The Morgan fingerprint density at radius 2 is 2.05 bits per heavy atom. The Bertz CT molecular complexity index is 618. The summed E-state index contributed by atoms with van der Waals surface area (Å²) in [4.78, 5) is 4.74. The molecule has 1 atom stereocenters. The quantitative estimate of drug-likeness (QED) is 0.942. The lowest BCUT2D eigenvalue weighted by Crippen LogP contribution is -2.24. The smallest absolute Gasteiger partial charge is 0.106 e. The van der Waals surface area contributed by atoms with Crippen LogP contribution in [0.3, 0.4) is 0 Å². The van der Waals surface area contributed by atoms with Gasteiger partial charge in [-0.2, -0.15) is 0 Å². The second-order valence-corrected chi connectivity index (χ2v) is 5.81. The zero-order valence-electron chi connectivity index (χ0n) is 11.8. The number of benzene rings is 1. The standard InChI is InChI=1S/C16H20ClN3/c1-11-19-14-8-4-5-9-15(14)20(11)16(10-18)12-6-2-3-7-13(12)17/h2-3,6-7,16H,4-5,8-10,18H2,1H3. The van der Waals surface area contributed by atoms with E-state index in [4.69, 9.17) is 22.3 Å². The first-order valence-electron chi connectivity index (χ1n) is 7.23. The van der Waals surface area contributed by atoms with Crippen molar-refractivity contribution in [2.45, 2.75) is 38.6 Å². The number of hydrogen-bond donors (Lipinski definition) is 1. The summed E-state index contributed by atoms with van der Waals surface area (Å²) < 4.78 is 2.30. The highest BCUT2D eigenvalue weighted by Crippen LogP contribution is 2.31. The van der Waals surface area contributed by atoms with Gasteiger partial charge in [-0.15, -0.1) is 0 Å². The summed E-state index contributed by atoms with van der Waals surface area (Å²) in [6.07, 6.45) is 4.65. The van der Waals surface area contributed by atoms with Gasteiger partial charge in [-0.05, 0) is 44.2 Å². The molecule has 0 aliphatic heterocycles. The Kier molecular flexibility index (Phi) is 3.81. The fourth-order valence-corrected chi connectivity index (χ4v) is 3.49. The second kappa shape index (κ2) is 5.58. The van der Waals surface area contributed by atoms with Gasteiger partial charge in [0.25, 0.3) is 0 Å². The summed E-state index contributed by atoms with van der Waals surface area (Å²) in [5.74, 6) is 1.05. The molecule has 1 aliphatic carbocycles. The number of fused-ring (bicyclic) bond motifs is 1. The Balaban J connectivity index is 2.11. The average molecular weight is 290 g/mol. The van der Waals surface area contributed by atoms with Crippen molar-refractivity contribution in [3.63, 3.8) is 0 Å². The van der Waals surface area contributed by atoms with Gasteiger partial charge in [-0.1, -0.05) is 29.8 Å². The van der Waals surface area contributed by atoms with Crippen LogP contribution >= 0.6 is 11.6 Å². The second-order valence-electron chi connectivity index (χ2n) is 5.40. The number of halogens is 1. The van der Waals surface area contributed by atoms with Crippen LogP contribution in [0.1, 0.15) is 41.7 Å². The molecule has 1 unspecified atom stereocenters. The summed E-state index contributed by atoms with van der Waals surface area (Å²) in [6, 6.07) is 8.04. The van der Waals surface area contributed by atoms with Crippen LogP contribution in [0.15, 0.2) is 24.3 Å². The minimum Gasteiger partial charge on any atom is -0.328 e. The molecule has 0 radical (unpaired) electrons. The van der Waals surface area contributed by atoms with Gasteiger partial charge in [0.15, 0.2) is 0 Å². The minimum absolute atomic E-state index is 0.0815. The van der Waals surface area contributed by atoms with Crippen LogP contribution in [0.5, 0.6) is 0 Å². The Morgan fingerprint density at radius 1 is 1.30 bits per heavy atom. The first-order valence-corrected chi connectivity index (χ1v) is 7.61. The first kappa shape index (κ1) is 13.7. The van der Waals surface area contributed by atoms with Crippen molar-refractivity contribution in [3.8, 4) is 0 Å². The highest BCUT2D eigenvalue weighted by Gasteiger charge is 2.24. The molecule has 1 aliphatic rings. The van der Waals surface area contributed by atoms with Gasteiger partial charge < -0.3 is 10.3 Å². The highest BCUT2D eigenvalue weighted by atomic mass is 35.5. The van der Waals surface area contributed by atoms with Crippen molar-refractivity contribution >= 4 is 11.6 Å². The average Bonchev–Trinajstić information content (AvgIpc) is 2.78. The number of rotatable bonds is 3.